The average Bonchev–Trinajstić information content (AvgIpc) is 2.55. The van der Waals surface area contributed by atoms with Gasteiger partial charge in [-0.2, -0.15) is 0 Å². The number of halogens is 1. The maximum Gasteiger partial charge on any atom is 0.257 e. The summed E-state index contributed by atoms with van der Waals surface area (Å²) in [6.45, 7) is 3.58. The minimum atomic E-state index is -0.460. The van der Waals surface area contributed by atoms with E-state index in [4.69, 9.17) is 0 Å². The van der Waals surface area contributed by atoms with E-state index in [1.165, 1.54) is 6.07 Å². The maximum atomic E-state index is 14.4. The second-order valence-corrected chi connectivity index (χ2v) is 5.87. The number of hydrogen-bond acceptors (Lipinski definition) is 2. The van der Waals surface area contributed by atoms with E-state index >= 15 is 0 Å². The summed E-state index contributed by atoms with van der Waals surface area (Å²) in [4.78, 5) is 18.5. The van der Waals surface area contributed by atoms with Crippen molar-refractivity contribution in [3.63, 3.8) is 0 Å². The molecule has 0 N–H and O–H groups in total. The fraction of sp³-hybridized carbons (Fsp3) is 0.333. The van der Waals surface area contributed by atoms with Gasteiger partial charge in [0.2, 0.25) is 0 Å². The lowest BCUT2D eigenvalue weighted by Crippen LogP contribution is -2.38. The van der Waals surface area contributed by atoms with Crippen molar-refractivity contribution in [2.24, 2.45) is 5.92 Å². The van der Waals surface area contributed by atoms with Crippen LogP contribution in [-0.2, 0) is 0 Å². The Bertz CT molecular complexity index is 664. The largest absolute Gasteiger partial charge is 0.339 e. The molecule has 1 saturated heterocycles. The van der Waals surface area contributed by atoms with Crippen molar-refractivity contribution < 1.29 is 9.18 Å². The second kappa shape index (κ2) is 6.26. The first kappa shape index (κ1) is 14.7. The number of rotatable bonds is 2. The van der Waals surface area contributed by atoms with E-state index < -0.39 is 5.82 Å². The Hall–Kier alpha value is -2.23. The number of nitrogens with zero attached hydrogens (tertiary/aromatic N) is 2. The molecule has 1 amide bonds. The molecular weight excluding hydrogens is 279 g/mol. The Morgan fingerprint density at radius 3 is 2.55 bits per heavy atom. The van der Waals surface area contributed by atoms with Crippen molar-refractivity contribution >= 4 is 5.91 Å². The van der Waals surface area contributed by atoms with Gasteiger partial charge in [0, 0.05) is 25.5 Å². The van der Waals surface area contributed by atoms with Crippen molar-refractivity contribution in [3.05, 3.63) is 54.1 Å². The minimum absolute atomic E-state index is 0.170. The van der Waals surface area contributed by atoms with E-state index in [0.29, 0.717) is 24.6 Å². The number of benzene rings is 1. The standard InChI is InChI=1S/C18H19FN2O/c1-13-7-11-21(12-8-13)18(22)17-15(3-2-4-16(17)19)14-5-9-20-10-6-14/h2-6,9-10,13H,7-8,11-12H2,1H3. The highest BCUT2D eigenvalue weighted by Gasteiger charge is 2.26. The summed E-state index contributed by atoms with van der Waals surface area (Å²) in [7, 11) is 0. The predicted molar refractivity (Wildman–Crippen MR) is 83.9 cm³/mol. The highest BCUT2D eigenvalue weighted by molar-refractivity contribution is 6.01. The smallest absolute Gasteiger partial charge is 0.257 e. The Morgan fingerprint density at radius 2 is 1.86 bits per heavy atom. The molecular formula is C18H19FN2O. The zero-order valence-electron chi connectivity index (χ0n) is 12.6. The van der Waals surface area contributed by atoms with Crippen LogP contribution < -0.4 is 0 Å². The van der Waals surface area contributed by atoms with Crippen LogP contribution in [0, 0.1) is 11.7 Å². The van der Waals surface area contributed by atoms with Crippen molar-refractivity contribution in [2.45, 2.75) is 19.8 Å². The number of piperidine rings is 1. The van der Waals surface area contributed by atoms with Crippen LogP contribution in [0.1, 0.15) is 30.1 Å². The first-order valence-electron chi connectivity index (χ1n) is 7.65. The van der Waals surface area contributed by atoms with Gasteiger partial charge < -0.3 is 4.90 Å². The minimum Gasteiger partial charge on any atom is -0.339 e. The van der Waals surface area contributed by atoms with Gasteiger partial charge in [0.1, 0.15) is 5.82 Å². The molecule has 0 aliphatic carbocycles. The lowest BCUT2D eigenvalue weighted by molar-refractivity contribution is 0.0693. The second-order valence-electron chi connectivity index (χ2n) is 5.87. The van der Waals surface area contributed by atoms with E-state index in [2.05, 4.69) is 11.9 Å². The fourth-order valence-corrected chi connectivity index (χ4v) is 2.88. The molecule has 0 bridgehead atoms. The number of amides is 1. The molecule has 22 heavy (non-hydrogen) atoms. The van der Waals surface area contributed by atoms with Crippen LogP contribution in [0.25, 0.3) is 11.1 Å². The Balaban J connectivity index is 1.98. The summed E-state index contributed by atoms with van der Waals surface area (Å²) >= 11 is 0. The van der Waals surface area contributed by atoms with Gasteiger partial charge in [0.25, 0.3) is 5.91 Å². The molecule has 1 aromatic carbocycles. The van der Waals surface area contributed by atoms with Gasteiger partial charge in [-0.3, -0.25) is 9.78 Å². The van der Waals surface area contributed by atoms with Crippen molar-refractivity contribution in [1.82, 2.24) is 9.88 Å². The molecule has 1 fully saturated rings. The molecule has 0 saturated carbocycles. The molecule has 1 aromatic heterocycles. The highest BCUT2D eigenvalue weighted by atomic mass is 19.1. The SMILES string of the molecule is CC1CCN(C(=O)c2c(F)cccc2-c2ccncc2)CC1. The normalized spacial score (nSPS) is 15.8. The molecule has 1 aliphatic rings. The van der Waals surface area contributed by atoms with Gasteiger partial charge in [0.05, 0.1) is 5.56 Å². The third kappa shape index (κ3) is 2.86. The summed E-state index contributed by atoms with van der Waals surface area (Å²) in [5, 5.41) is 0. The van der Waals surface area contributed by atoms with Crippen molar-refractivity contribution in [1.29, 1.82) is 0 Å². The summed E-state index contributed by atoms with van der Waals surface area (Å²) in [5.74, 6) is -0.0425. The Morgan fingerprint density at radius 1 is 1.18 bits per heavy atom. The van der Waals surface area contributed by atoms with Gasteiger partial charge in [0.15, 0.2) is 0 Å². The third-order valence-corrected chi connectivity index (χ3v) is 4.29. The molecule has 0 spiro atoms. The van der Waals surface area contributed by atoms with Crippen molar-refractivity contribution in [3.8, 4) is 11.1 Å². The topological polar surface area (TPSA) is 33.2 Å². The summed E-state index contributed by atoms with van der Waals surface area (Å²) in [6, 6.07) is 8.37. The third-order valence-electron chi connectivity index (χ3n) is 4.29. The van der Waals surface area contributed by atoms with E-state index in [0.717, 1.165) is 18.4 Å². The molecule has 3 nitrogen and oxygen atoms in total. The predicted octanol–water partition coefficient (Wildman–Crippen LogP) is 3.76. The lowest BCUT2D eigenvalue weighted by Gasteiger charge is -2.31. The van der Waals surface area contributed by atoms with Crippen LogP contribution in [0.5, 0.6) is 0 Å². The van der Waals surface area contributed by atoms with Gasteiger partial charge in [-0.25, -0.2) is 4.39 Å². The van der Waals surface area contributed by atoms with E-state index in [1.807, 2.05) is 0 Å². The van der Waals surface area contributed by atoms with E-state index in [1.54, 1.807) is 41.6 Å². The number of pyridine rings is 1. The van der Waals surface area contributed by atoms with Gasteiger partial charge >= 0.3 is 0 Å². The van der Waals surface area contributed by atoms with Gasteiger partial charge in [-0.15, -0.1) is 0 Å². The van der Waals surface area contributed by atoms with Crippen LogP contribution in [0.4, 0.5) is 4.39 Å². The van der Waals surface area contributed by atoms with Crippen LogP contribution in [0.3, 0.4) is 0 Å². The molecule has 4 heteroatoms. The monoisotopic (exact) mass is 298 g/mol. The maximum absolute atomic E-state index is 14.4. The number of aromatic nitrogens is 1. The van der Waals surface area contributed by atoms with Crippen LogP contribution >= 0.6 is 0 Å². The zero-order valence-corrected chi connectivity index (χ0v) is 12.6. The highest BCUT2D eigenvalue weighted by Crippen LogP contribution is 2.28. The first-order valence-corrected chi connectivity index (χ1v) is 7.65. The fourth-order valence-electron chi connectivity index (χ4n) is 2.88. The molecule has 0 radical (unpaired) electrons. The lowest BCUT2D eigenvalue weighted by atomic mass is 9.96. The number of likely N-dealkylation sites (tertiary alicyclic amines) is 1. The zero-order chi connectivity index (χ0) is 15.5. The summed E-state index contributed by atoms with van der Waals surface area (Å²) in [6.07, 6.45) is 5.25. The first-order chi connectivity index (χ1) is 10.7. The van der Waals surface area contributed by atoms with E-state index in [9.17, 15) is 9.18 Å². The number of carbonyl (C=O) groups excluding carboxylic acids is 1. The van der Waals surface area contributed by atoms with Crippen LogP contribution in [-0.4, -0.2) is 28.9 Å². The average molecular weight is 298 g/mol. The van der Waals surface area contributed by atoms with Gasteiger partial charge in [-0.1, -0.05) is 19.1 Å². The summed E-state index contributed by atoms with van der Waals surface area (Å²) < 4.78 is 14.4. The quantitative estimate of drug-likeness (QED) is 0.846. The molecule has 2 heterocycles. The number of hydrogen-bond donors (Lipinski definition) is 0. The molecule has 1 aliphatic heterocycles. The molecule has 0 unspecified atom stereocenters. The molecule has 3 rings (SSSR count). The summed E-state index contributed by atoms with van der Waals surface area (Å²) in [5.41, 5.74) is 1.61. The Labute approximate surface area is 129 Å². The molecule has 0 atom stereocenters. The molecule has 114 valence electrons. The van der Waals surface area contributed by atoms with Crippen LogP contribution in [0.15, 0.2) is 42.7 Å². The van der Waals surface area contributed by atoms with Gasteiger partial charge in [-0.05, 0) is 48.1 Å². The molecule has 2 aromatic rings. The van der Waals surface area contributed by atoms with Crippen LogP contribution in [0.2, 0.25) is 0 Å². The van der Waals surface area contributed by atoms with E-state index in [-0.39, 0.29) is 11.5 Å². The van der Waals surface area contributed by atoms with Crippen molar-refractivity contribution in [2.75, 3.05) is 13.1 Å². The number of carbonyl (C=O) groups is 1. The Kier molecular flexibility index (Phi) is 4.18.